The average molecular weight is 310 g/mol. The summed E-state index contributed by atoms with van der Waals surface area (Å²) < 4.78 is 8.67. The first kappa shape index (κ1) is 13.5. The third-order valence-electron chi connectivity index (χ3n) is 3.77. The first-order valence-electron chi connectivity index (χ1n) is 7.20. The molecule has 0 aliphatic carbocycles. The molecule has 23 heavy (non-hydrogen) atoms. The lowest BCUT2D eigenvalue weighted by Crippen LogP contribution is -2.12. The summed E-state index contributed by atoms with van der Waals surface area (Å²) in [5.74, 6) is 0.257. The van der Waals surface area contributed by atoms with E-state index in [1.807, 2.05) is 16.7 Å². The van der Waals surface area contributed by atoms with Crippen molar-refractivity contribution in [1.82, 2.24) is 24.3 Å². The number of imidazole rings is 1. The lowest BCUT2D eigenvalue weighted by Gasteiger charge is -2.09. The maximum atomic E-state index is 12.1. The smallest absolute Gasteiger partial charge is 0.358 e. The summed E-state index contributed by atoms with van der Waals surface area (Å²) >= 11 is 0. The second kappa shape index (κ2) is 4.94. The molecule has 116 valence electrons. The molecule has 0 bridgehead atoms. The van der Waals surface area contributed by atoms with Crippen molar-refractivity contribution in [3.05, 3.63) is 42.2 Å². The number of nitrogens with zero attached hydrogens (tertiary/aromatic N) is 5. The van der Waals surface area contributed by atoms with Crippen LogP contribution in [0.1, 0.15) is 23.1 Å². The number of nitrogens with two attached hydrogens (primary N) is 1. The monoisotopic (exact) mass is 310 g/mol. The van der Waals surface area contributed by atoms with E-state index in [2.05, 4.69) is 15.1 Å². The van der Waals surface area contributed by atoms with E-state index in [4.69, 9.17) is 10.5 Å². The summed E-state index contributed by atoms with van der Waals surface area (Å²) in [4.78, 5) is 20.7. The van der Waals surface area contributed by atoms with Crippen LogP contribution in [0.25, 0.3) is 17.1 Å². The topological polar surface area (TPSA) is 101 Å². The van der Waals surface area contributed by atoms with Gasteiger partial charge in [0.05, 0.1) is 24.5 Å². The summed E-state index contributed by atoms with van der Waals surface area (Å²) in [5.41, 5.74) is 9.24. The molecule has 0 spiro atoms. The summed E-state index contributed by atoms with van der Waals surface area (Å²) in [6, 6.07) is 5.53. The molecule has 2 N–H and O–H groups in total. The van der Waals surface area contributed by atoms with Gasteiger partial charge in [0.2, 0.25) is 0 Å². The number of benzene rings is 1. The summed E-state index contributed by atoms with van der Waals surface area (Å²) in [5, 5.41) is 4.24. The van der Waals surface area contributed by atoms with Crippen molar-refractivity contribution in [2.24, 2.45) is 0 Å². The highest BCUT2D eigenvalue weighted by Crippen LogP contribution is 2.32. The molecule has 3 heterocycles. The third-order valence-corrected chi connectivity index (χ3v) is 3.77. The largest absolute Gasteiger partial charge is 0.461 e. The highest BCUT2D eigenvalue weighted by molar-refractivity contribution is 5.89. The molecule has 1 aliphatic heterocycles. The Kier molecular flexibility index (Phi) is 2.90. The van der Waals surface area contributed by atoms with Gasteiger partial charge in [0.15, 0.2) is 11.5 Å². The number of hydrogen-bond acceptors (Lipinski definition) is 6. The number of aromatic nitrogens is 5. The molecular weight excluding hydrogens is 296 g/mol. The fourth-order valence-electron chi connectivity index (χ4n) is 2.78. The molecule has 8 heteroatoms. The standard InChI is InChI=1S/C15H14N6O2/c1-2-23-15(22)13-12-6-21-14(17-7-19-21)10-5-9(16)3-4-11(10)20(12)8-18-13/h3-5,7-8H,2,6,16H2,1H3. The number of nitrogen functional groups attached to an aromatic ring is 1. The van der Waals surface area contributed by atoms with Crippen molar-refractivity contribution in [2.45, 2.75) is 13.5 Å². The van der Waals surface area contributed by atoms with Crippen LogP contribution < -0.4 is 5.73 Å². The van der Waals surface area contributed by atoms with Crippen molar-refractivity contribution < 1.29 is 9.53 Å². The molecule has 0 saturated heterocycles. The second-order valence-electron chi connectivity index (χ2n) is 5.15. The van der Waals surface area contributed by atoms with Gasteiger partial charge in [-0.25, -0.2) is 19.4 Å². The molecule has 0 unspecified atom stereocenters. The Hall–Kier alpha value is -3.16. The minimum Gasteiger partial charge on any atom is -0.461 e. The number of carbonyl (C=O) groups is 1. The van der Waals surface area contributed by atoms with Crippen LogP contribution in [0.4, 0.5) is 5.69 Å². The maximum Gasteiger partial charge on any atom is 0.358 e. The van der Waals surface area contributed by atoms with Crippen molar-refractivity contribution in [3.63, 3.8) is 0 Å². The van der Waals surface area contributed by atoms with Crippen LogP contribution in [0.3, 0.4) is 0 Å². The van der Waals surface area contributed by atoms with Gasteiger partial charge in [0.25, 0.3) is 0 Å². The minimum absolute atomic E-state index is 0.290. The number of anilines is 1. The van der Waals surface area contributed by atoms with Gasteiger partial charge in [-0.2, -0.15) is 5.10 Å². The normalized spacial score (nSPS) is 12.0. The van der Waals surface area contributed by atoms with E-state index < -0.39 is 5.97 Å². The van der Waals surface area contributed by atoms with Crippen LogP contribution in [0, 0.1) is 0 Å². The van der Waals surface area contributed by atoms with Crippen molar-refractivity contribution in [1.29, 1.82) is 0 Å². The Morgan fingerprint density at radius 3 is 3.09 bits per heavy atom. The zero-order valence-corrected chi connectivity index (χ0v) is 12.4. The van der Waals surface area contributed by atoms with E-state index in [0.29, 0.717) is 30.4 Å². The average Bonchev–Trinajstić information content (AvgIpc) is 3.13. The third kappa shape index (κ3) is 1.99. The molecule has 0 radical (unpaired) electrons. The lowest BCUT2D eigenvalue weighted by molar-refractivity contribution is 0.0518. The van der Waals surface area contributed by atoms with Crippen LogP contribution >= 0.6 is 0 Å². The van der Waals surface area contributed by atoms with Gasteiger partial charge in [-0.05, 0) is 25.1 Å². The molecule has 0 saturated carbocycles. The first-order chi connectivity index (χ1) is 11.2. The molecule has 0 amide bonds. The van der Waals surface area contributed by atoms with Gasteiger partial charge in [-0.3, -0.25) is 4.57 Å². The van der Waals surface area contributed by atoms with Gasteiger partial charge < -0.3 is 10.5 Å². The van der Waals surface area contributed by atoms with Crippen LogP contribution in [0.2, 0.25) is 0 Å². The van der Waals surface area contributed by atoms with Gasteiger partial charge >= 0.3 is 5.97 Å². The number of rotatable bonds is 2. The SMILES string of the molecule is CCOC(=O)c1ncn2c1Cn1ncnc1-c1cc(N)ccc1-2. The Labute approximate surface area is 131 Å². The van der Waals surface area contributed by atoms with Gasteiger partial charge in [-0.1, -0.05) is 0 Å². The molecule has 3 aromatic rings. The van der Waals surface area contributed by atoms with E-state index in [1.54, 1.807) is 24.0 Å². The van der Waals surface area contributed by atoms with E-state index in [9.17, 15) is 4.79 Å². The molecule has 0 atom stereocenters. The quantitative estimate of drug-likeness (QED) is 0.442. The second-order valence-corrected chi connectivity index (χ2v) is 5.15. The van der Waals surface area contributed by atoms with E-state index >= 15 is 0 Å². The summed E-state index contributed by atoms with van der Waals surface area (Å²) in [6.45, 7) is 2.44. The van der Waals surface area contributed by atoms with Gasteiger partial charge in [0, 0.05) is 11.3 Å². The predicted molar refractivity (Wildman–Crippen MR) is 82.1 cm³/mol. The molecule has 0 fully saturated rings. The highest BCUT2D eigenvalue weighted by Gasteiger charge is 2.26. The number of carbonyl (C=O) groups excluding carboxylic acids is 1. The number of hydrogen-bond donors (Lipinski definition) is 1. The van der Waals surface area contributed by atoms with Gasteiger partial charge in [0.1, 0.15) is 12.7 Å². The van der Waals surface area contributed by atoms with Crippen LogP contribution in [0.15, 0.2) is 30.9 Å². The Morgan fingerprint density at radius 1 is 1.39 bits per heavy atom. The zero-order chi connectivity index (χ0) is 16.0. The van der Waals surface area contributed by atoms with Crippen molar-refractivity contribution in [2.75, 3.05) is 12.3 Å². The highest BCUT2D eigenvalue weighted by atomic mass is 16.5. The Balaban J connectivity index is 1.97. The maximum absolute atomic E-state index is 12.1. The number of fused-ring (bicyclic) bond motifs is 5. The van der Waals surface area contributed by atoms with E-state index in [-0.39, 0.29) is 5.69 Å². The molecule has 1 aliphatic rings. The van der Waals surface area contributed by atoms with Crippen molar-refractivity contribution in [3.8, 4) is 17.1 Å². The molecule has 1 aromatic carbocycles. The molecule has 2 aromatic heterocycles. The minimum atomic E-state index is -0.443. The van der Waals surface area contributed by atoms with E-state index in [0.717, 1.165) is 11.3 Å². The van der Waals surface area contributed by atoms with Crippen molar-refractivity contribution >= 4 is 11.7 Å². The Bertz CT molecular complexity index is 911. The van der Waals surface area contributed by atoms with Crippen LogP contribution in [0.5, 0.6) is 0 Å². The van der Waals surface area contributed by atoms with Gasteiger partial charge in [-0.15, -0.1) is 0 Å². The van der Waals surface area contributed by atoms with Crippen LogP contribution in [-0.4, -0.2) is 36.9 Å². The fourth-order valence-corrected chi connectivity index (χ4v) is 2.78. The van der Waals surface area contributed by atoms with Crippen LogP contribution in [-0.2, 0) is 11.3 Å². The molecule has 4 rings (SSSR count). The Morgan fingerprint density at radius 2 is 2.26 bits per heavy atom. The lowest BCUT2D eigenvalue weighted by atomic mass is 10.1. The number of esters is 1. The predicted octanol–water partition coefficient (Wildman–Crippen LogP) is 1.25. The number of ether oxygens (including phenoxy) is 1. The fraction of sp³-hybridized carbons (Fsp3) is 0.200. The first-order valence-corrected chi connectivity index (χ1v) is 7.20. The molecule has 8 nitrogen and oxygen atoms in total. The summed E-state index contributed by atoms with van der Waals surface area (Å²) in [6.07, 6.45) is 3.10. The summed E-state index contributed by atoms with van der Waals surface area (Å²) in [7, 11) is 0. The zero-order valence-electron chi connectivity index (χ0n) is 12.4. The van der Waals surface area contributed by atoms with E-state index in [1.165, 1.54) is 6.33 Å². The molecular formula is C15H14N6O2.